The maximum Gasteiger partial charge on any atom is 0.107 e. The minimum Gasteiger partial charge on any atom is -0.379 e. The molecule has 0 N–H and O–H groups in total. The SMILES string of the molecule is CC(C)(CCOCCOCCC(C)(C)CN1C(=S)C=C2SCCC2C1=S)CN1C(=S)C=C2SCCC2C1=S. The number of rotatable bonds is 13. The van der Waals surface area contributed by atoms with Crippen LogP contribution in [0.1, 0.15) is 53.4 Å². The predicted molar refractivity (Wildman–Crippen MR) is 180 cm³/mol. The molecule has 2 fully saturated rings. The molecule has 38 heavy (non-hydrogen) atoms. The Kier molecular flexibility index (Phi) is 10.9. The van der Waals surface area contributed by atoms with Crippen LogP contribution in [0.5, 0.6) is 0 Å². The minimum atomic E-state index is 0.0544. The third kappa shape index (κ3) is 7.87. The van der Waals surface area contributed by atoms with Gasteiger partial charge in [-0.3, -0.25) is 0 Å². The van der Waals surface area contributed by atoms with Gasteiger partial charge in [0, 0.05) is 38.1 Å². The lowest BCUT2D eigenvalue weighted by molar-refractivity contribution is 0.0274. The molecule has 4 nitrogen and oxygen atoms in total. The Morgan fingerprint density at radius 3 is 1.50 bits per heavy atom. The summed E-state index contributed by atoms with van der Waals surface area (Å²) in [4.78, 5) is 10.8. The van der Waals surface area contributed by atoms with Crippen molar-refractivity contribution in [3.63, 3.8) is 0 Å². The number of fused-ring (bicyclic) bond motifs is 2. The first kappa shape index (κ1) is 31.0. The minimum absolute atomic E-state index is 0.0544. The third-order valence-corrected chi connectivity index (χ3v) is 11.7. The first-order valence-electron chi connectivity index (χ1n) is 13.5. The Balaban J connectivity index is 1.10. The van der Waals surface area contributed by atoms with E-state index in [-0.39, 0.29) is 10.8 Å². The van der Waals surface area contributed by atoms with Crippen LogP contribution in [0.4, 0.5) is 0 Å². The van der Waals surface area contributed by atoms with E-state index in [1.54, 1.807) is 0 Å². The zero-order valence-corrected chi connectivity index (χ0v) is 27.9. The van der Waals surface area contributed by atoms with Crippen LogP contribution in [0.2, 0.25) is 0 Å². The zero-order chi connectivity index (χ0) is 27.5. The van der Waals surface area contributed by atoms with Crippen molar-refractivity contribution in [3.05, 3.63) is 22.0 Å². The molecule has 2 unspecified atom stereocenters. The van der Waals surface area contributed by atoms with Gasteiger partial charge in [0.15, 0.2) is 0 Å². The van der Waals surface area contributed by atoms with Crippen LogP contribution in [0.25, 0.3) is 0 Å². The number of ether oxygens (including phenoxy) is 2. The maximum atomic E-state index is 5.93. The van der Waals surface area contributed by atoms with Gasteiger partial charge in [-0.15, -0.1) is 23.5 Å². The van der Waals surface area contributed by atoms with E-state index >= 15 is 0 Å². The number of hydrogen-bond donors (Lipinski definition) is 0. The molecule has 0 aromatic carbocycles. The van der Waals surface area contributed by atoms with Gasteiger partial charge >= 0.3 is 0 Å². The largest absolute Gasteiger partial charge is 0.379 e. The molecular formula is C28H40N2O2S6. The van der Waals surface area contributed by atoms with E-state index in [0.717, 1.165) is 70.2 Å². The highest BCUT2D eigenvalue weighted by molar-refractivity contribution is 8.03. The van der Waals surface area contributed by atoms with Crippen molar-refractivity contribution in [2.45, 2.75) is 53.4 Å². The van der Waals surface area contributed by atoms with Crippen LogP contribution in [0.3, 0.4) is 0 Å². The molecule has 2 saturated heterocycles. The molecule has 4 aliphatic rings. The molecule has 210 valence electrons. The second-order valence-corrected chi connectivity index (χ2v) is 16.1. The number of thiocarbonyl (C=S) groups is 4. The van der Waals surface area contributed by atoms with Crippen LogP contribution < -0.4 is 0 Å². The topological polar surface area (TPSA) is 24.9 Å². The van der Waals surface area contributed by atoms with Gasteiger partial charge in [0.2, 0.25) is 0 Å². The first-order chi connectivity index (χ1) is 18.0. The predicted octanol–water partition coefficient (Wildman–Crippen LogP) is 7.07. The molecule has 0 saturated carbocycles. The summed E-state index contributed by atoms with van der Waals surface area (Å²) in [5, 5.41) is 0. The van der Waals surface area contributed by atoms with Gasteiger partial charge in [0.05, 0.1) is 23.2 Å². The average Bonchev–Trinajstić information content (AvgIpc) is 3.51. The smallest absolute Gasteiger partial charge is 0.107 e. The lowest BCUT2D eigenvalue weighted by Crippen LogP contribution is -2.46. The van der Waals surface area contributed by atoms with Crippen molar-refractivity contribution >= 4 is 92.3 Å². The van der Waals surface area contributed by atoms with Gasteiger partial charge < -0.3 is 19.3 Å². The summed E-state index contributed by atoms with van der Waals surface area (Å²) in [5.41, 5.74) is 0.109. The summed E-state index contributed by atoms with van der Waals surface area (Å²) in [7, 11) is 0. The van der Waals surface area contributed by atoms with Crippen molar-refractivity contribution in [1.29, 1.82) is 0 Å². The Morgan fingerprint density at radius 1 is 0.711 bits per heavy atom. The van der Waals surface area contributed by atoms with Gasteiger partial charge in [-0.2, -0.15) is 0 Å². The van der Waals surface area contributed by atoms with E-state index in [4.69, 9.17) is 58.3 Å². The Labute approximate surface area is 259 Å². The summed E-state index contributed by atoms with van der Waals surface area (Å²) in [6, 6.07) is 0. The second-order valence-electron chi connectivity index (χ2n) is 12.1. The molecule has 4 rings (SSSR count). The first-order valence-corrected chi connectivity index (χ1v) is 17.1. The Bertz CT molecular complexity index is 941. The fourth-order valence-corrected chi connectivity index (χ4v) is 9.43. The number of thioether (sulfide) groups is 2. The van der Waals surface area contributed by atoms with Crippen molar-refractivity contribution < 1.29 is 9.47 Å². The molecule has 0 aromatic rings. The Morgan fingerprint density at radius 2 is 1.11 bits per heavy atom. The van der Waals surface area contributed by atoms with Crippen LogP contribution >= 0.6 is 72.4 Å². The van der Waals surface area contributed by atoms with E-state index in [0.29, 0.717) is 38.3 Å². The maximum absolute atomic E-state index is 5.93. The van der Waals surface area contributed by atoms with Crippen LogP contribution in [0.15, 0.2) is 22.0 Å². The van der Waals surface area contributed by atoms with Crippen molar-refractivity contribution in [1.82, 2.24) is 9.80 Å². The summed E-state index contributed by atoms with van der Waals surface area (Å²) in [6.45, 7) is 13.4. The molecule has 0 aromatic heterocycles. The number of nitrogens with zero attached hydrogens (tertiary/aromatic N) is 2. The van der Waals surface area contributed by atoms with Crippen molar-refractivity contribution in [2.24, 2.45) is 22.7 Å². The van der Waals surface area contributed by atoms with Crippen molar-refractivity contribution in [2.75, 3.05) is 51.0 Å². The lowest BCUT2D eigenvalue weighted by atomic mass is 9.88. The molecule has 0 spiro atoms. The lowest BCUT2D eigenvalue weighted by Gasteiger charge is -2.38. The van der Waals surface area contributed by atoms with Crippen LogP contribution in [-0.2, 0) is 9.47 Å². The molecular weight excluding hydrogens is 589 g/mol. The summed E-state index contributed by atoms with van der Waals surface area (Å²) >= 11 is 26.8. The molecule has 0 radical (unpaired) electrons. The molecule has 0 bridgehead atoms. The second kappa shape index (κ2) is 13.4. The van der Waals surface area contributed by atoms with Gasteiger partial charge in [-0.1, -0.05) is 76.6 Å². The quantitative estimate of drug-likeness (QED) is 0.156. The van der Waals surface area contributed by atoms with Crippen LogP contribution in [-0.4, -0.2) is 80.8 Å². The molecule has 10 heteroatoms. The fraction of sp³-hybridized carbons (Fsp3) is 0.714. The number of hydrogen-bond acceptors (Lipinski definition) is 8. The van der Waals surface area contributed by atoms with Crippen LogP contribution in [0, 0.1) is 22.7 Å². The molecule has 4 aliphatic heterocycles. The van der Waals surface area contributed by atoms with Gasteiger partial charge in [0.25, 0.3) is 0 Å². The summed E-state index contributed by atoms with van der Waals surface area (Å²) in [5.74, 6) is 3.06. The molecule has 0 aliphatic carbocycles. The van der Waals surface area contributed by atoms with E-state index < -0.39 is 0 Å². The zero-order valence-electron chi connectivity index (χ0n) is 23.0. The summed E-state index contributed by atoms with van der Waals surface area (Å²) in [6.07, 6.45) is 8.48. The summed E-state index contributed by atoms with van der Waals surface area (Å²) < 4.78 is 11.9. The highest BCUT2D eigenvalue weighted by Crippen LogP contribution is 2.42. The molecule has 0 amide bonds. The van der Waals surface area contributed by atoms with E-state index in [2.05, 4.69) is 49.6 Å². The van der Waals surface area contributed by atoms with Gasteiger partial charge in [0.1, 0.15) is 9.98 Å². The van der Waals surface area contributed by atoms with Gasteiger partial charge in [-0.05, 0) is 70.0 Å². The highest BCUT2D eigenvalue weighted by Gasteiger charge is 2.37. The van der Waals surface area contributed by atoms with E-state index in [9.17, 15) is 0 Å². The standard InChI is InChI=1S/C28H40N2O2S6/c1-27(2,17-29-23(33)15-21-19(25(29)35)5-13-37-21)7-9-31-11-12-32-10-8-28(3,4)18-30-24(34)16-22-20(26(30)36)6-14-38-22/h15-16,19-20H,5-14,17-18H2,1-4H3. The van der Waals surface area contributed by atoms with Gasteiger partial charge in [-0.25, -0.2) is 0 Å². The normalized spacial score (nSPS) is 24.1. The van der Waals surface area contributed by atoms with E-state index in [1.807, 2.05) is 23.5 Å². The average molecular weight is 629 g/mol. The highest BCUT2D eigenvalue weighted by atomic mass is 32.2. The fourth-order valence-electron chi connectivity index (χ4n) is 5.19. The third-order valence-electron chi connectivity index (χ3n) is 7.62. The Hall–Kier alpha value is 0.0600. The molecule has 4 heterocycles. The monoisotopic (exact) mass is 628 g/mol. The van der Waals surface area contributed by atoms with E-state index in [1.165, 1.54) is 9.81 Å². The molecule has 2 atom stereocenters. The van der Waals surface area contributed by atoms with Crippen molar-refractivity contribution in [3.8, 4) is 0 Å².